The maximum atomic E-state index is 13.0. The zero-order chi connectivity index (χ0) is 17.4. The first-order valence-electron chi connectivity index (χ1n) is 6.69. The van der Waals surface area contributed by atoms with Gasteiger partial charge >= 0.3 is 12.1 Å². The van der Waals surface area contributed by atoms with E-state index in [1.165, 1.54) is 10.8 Å². The Morgan fingerprint density at radius 3 is 2.57 bits per heavy atom. The molecule has 0 radical (unpaired) electrons. The molecule has 0 amide bonds. The van der Waals surface area contributed by atoms with Crippen LogP contribution in [0.4, 0.5) is 13.2 Å². The maximum Gasteiger partial charge on any atom is 0.417 e. The van der Waals surface area contributed by atoms with Crippen LogP contribution in [0.15, 0.2) is 29.2 Å². The Labute approximate surface area is 134 Å². The highest BCUT2D eigenvalue weighted by Crippen LogP contribution is 2.36. The summed E-state index contributed by atoms with van der Waals surface area (Å²) in [4.78, 5) is 23.6. The molecule has 0 saturated carbocycles. The number of alkyl halides is 3. The van der Waals surface area contributed by atoms with E-state index >= 15 is 0 Å². The van der Waals surface area contributed by atoms with E-state index in [4.69, 9.17) is 16.3 Å². The molecule has 4 nitrogen and oxygen atoms in total. The largest absolute Gasteiger partial charge is 0.462 e. The number of halogens is 4. The number of benzene rings is 1. The topological polar surface area (TPSA) is 48.3 Å². The molecule has 0 spiro atoms. The summed E-state index contributed by atoms with van der Waals surface area (Å²) in [6.07, 6.45) is -3.77. The second-order valence-corrected chi connectivity index (χ2v) is 5.60. The molecule has 0 fully saturated rings. The van der Waals surface area contributed by atoms with Crippen molar-refractivity contribution in [3.8, 4) is 0 Å². The summed E-state index contributed by atoms with van der Waals surface area (Å²) in [5.41, 5.74) is -1.58. The van der Waals surface area contributed by atoms with Crippen molar-refractivity contribution in [3.05, 3.63) is 45.2 Å². The van der Waals surface area contributed by atoms with E-state index in [0.717, 1.165) is 18.2 Å². The zero-order valence-corrected chi connectivity index (χ0v) is 13.0. The van der Waals surface area contributed by atoms with Gasteiger partial charge in [0.2, 0.25) is 0 Å². The fourth-order valence-electron chi connectivity index (χ4n) is 2.12. The first-order valence-corrected chi connectivity index (χ1v) is 7.06. The molecule has 124 valence electrons. The summed E-state index contributed by atoms with van der Waals surface area (Å²) in [5, 5.41) is -0.563. The summed E-state index contributed by atoms with van der Waals surface area (Å²) < 4.78 is 45.1. The lowest BCUT2D eigenvalue weighted by Gasteiger charge is -2.15. The van der Waals surface area contributed by atoms with Crippen molar-refractivity contribution in [1.29, 1.82) is 0 Å². The summed E-state index contributed by atoms with van der Waals surface area (Å²) in [6, 6.07) is 2.89. The van der Waals surface area contributed by atoms with Crippen molar-refractivity contribution in [2.75, 3.05) is 0 Å². The van der Waals surface area contributed by atoms with Gasteiger partial charge in [0.05, 0.1) is 22.2 Å². The van der Waals surface area contributed by atoms with Crippen LogP contribution in [0.25, 0.3) is 10.9 Å². The SMILES string of the molecule is CC(C)OC(=O)Cn1ccc(=O)c2cc(Cl)c(C(F)(F)F)cc21. The minimum absolute atomic E-state index is 0.00264. The minimum Gasteiger partial charge on any atom is -0.462 e. The van der Waals surface area contributed by atoms with Gasteiger partial charge in [0.15, 0.2) is 5.43 Å². The van der Waals surface area contributed by atoms with Crippen LogP contribution in [-0.2, 0) is 22.3 Å². The standard InChI is InChI=1S/C15H13ClF3NO3/c1-8(2)23-14(22)7-20-4-3-13(21)9-5-11(16)10(6-12(9)20)15(17,18)19/h3-6,8H,7H2,1-2H3. The summed E-state index contributed by atoms with van der Waals surface area (Å²) in [5.74, 6) is -0.617. The lowest BCUT2D eigenvalue weighted by molar-refractivity contribution is -0.148. The summed E-state index contributed by atoms with van der Waals surface area (Å²) in [7, 11) is 0. The molecule has 0 aliphatic carbocycles. The first kappa shape index (κ1) is 17.3. The molecule has 0 N–H and O–H groups in total. The van der Waals surface area contributed by atoms with Crippen LogP contribution in [0.3, 0.4) is 0 Å². The average Bonchev–Trinajstić information content (AvgIpc) is 2.39. The Balaban J connectivity index is 2.60. The van der Waals surface area contributed by atoms with Crippen molar-refractivity contribution in [1.82, 2.24) is 4.57 Å². The molecule has 2 rings (SSSR count). The lowest BCUT2D eigenvalue weighted by Crippen LogP contribution is -2.19. The van der Waals surface area contributed by atoms with E-state index < -0.39 is 28.2 Å². The van der Waals surface area contributed by atoms with Crippen LogP contribution in [0.2, 0.25) is 5.02 Å². The number of rotatable bonds is 3. The lowest BCUT2D eigenvalue weighted by atomic mass is 10.1. The van der Waals surface area contributed by atoms with Gasteiger partial charge in [-0.1, -0.05) is 11.6 Å². The van der Waals surface area contributed by atoms with Gasteiger partial charge in [-0.25, -0.2) is 0 Å². The summed E-state index contributed by atoms with van der Waals surface area (Å²) >= 11 is 5.63. The smallest absolute Gasteiger partial charge is 0.417 e. The molecular weight excluding hydrogens is 335 g/mol. The van der Waals surface area contributed by atoms with E-state index in [2.05, 4.69) is 0 Å². The molecule has 1 aromatic heterocycles. The maximum absolute atomic E-state index is 13.0. The number of pyridine rings is 1. The van der Waals surface area contributed by atoms with Gasteiger partial charge in [-0.15, -0.1) is 0 Å². The molecule has 1 aromatic carbocycles. The molecule has 23 heavy (non-hydrogen) atoms. The fraction of sp³-hybridized carbons (Fsp3) is 0.333. The number of nitrogens with zero attached hydrogens (tertiary/aromatic N) is 1. The normalized spacial score (nSPS) is 12.0. The molecule has 2 aromatic rings. The molecule has 0 saturated heterocycles. The van der Waals surface area contributed by atoms with Crippen LogP contribution in [-0.4, -0.2) is 16.6 Å². The fourth-order valence-corrected chi connectivity index (χ4v) is 2.39. The Bertz CT molecular complexity index is 812. The molecule has 0 aliphatic rings. The van der Waals surface area contributed by atoms with Crippen LogP contribution >= 0.6 is 11.6 Å². The minimum atomic E-state index is -4.67. The number of fused-ring (bicyclic) bond motifs is 1. The second kappa shape index (κ2) is 6.23. The van der Waals surface area contributed by atoms with Crippen LogP contribution in [0.1, 0.15) is 19.4 Å². The Kier molecular flexibility index (Phi) is 4.70. The number of aromatic nitrogens is 1. The number of ether oxygens (including phenoxy) is 1. The number of hydrogen-bond donors (Lipinski definition) is 0. The predicted molar refractivity (Wildman–Crippen MR) is 79.4 cm³/mol. The van der Waals surface area contributed by atoms with Crippen molar-refractivity contribution in [2.45, 2.75) is 32.7 Å². The van der Waals surface area contributed by atoms with E-state index in [1.54, 1.807) is 13.8 Å². The monoisotopic (exact) mass is 347 g/mol. The highest BCUT2D eigenvalue weighted by atomic mass is 35.5. The number of carbonyl (C=O) groups is 1. The Morgan fingerprint density at radius 2 is 2.00 bits per heavy atom. The quantitative estimate of drug-likeness (QED) is 0.797. The molecular formula is C15H13ClF3NO3. The summed E-state index contributed by atoms with van der Waals surface area (Å²) in [6.45, 7) is 3.00. The highest BCUT2D eigenvalue weighted by Gasteiger charge is 2.34. The van der Waals surface area contributed by atoms with Crippen LogP contribution in [0.5, 0.6) is 0 Å². The number of esters is 1. The van der Waals surface area contributed by atoms with Crippen LogP contribution < -0.4 is 5.43 Å². The third-order valence-electron chi connectivity index (χ3n) is 3.04. The van der Waals surface area contributed by atoms with Crippen LogP contribution in [0, 0.1) is 0 Å². The van der Waals surface area contributed by atoms with Crippen molar-refractivity contribution >= 4 is 28.5 Å². The molecule has 0 atom stereocenters. The zero-order valence-electron chi connectivity index (χ0n) is 12.3. The van der Waals surface area contributed by atoms with Gasteiger partial charge in [-0.3, -0.25) is 9.59 Å². The van der Waals surface area contributed by atoms with E-state index in [9.17, 15) is 22.8 Å². The predicted octanol–water partition coefficient (Wildman–Crippen LogP) is 3.63. The Morgan fingerprint density at radius 1 is 1.35 bits per heavy atom. The molecule has 0 aliphatic heterocycles. The molecule has 0 unspecified atom stereocenters. The van der Waals surface area contributed by atoms with Crippen molar-refractivity contribution in [3.63, 3.8) is 0 Å². The number of hydrogen-bond acceptors (Lipinski definition) is 3. The van der Waals surface area contributed by atoms with Crippen molar-refractivity contribution < 1.29 is 22.7 Å². The first-order chi connectivity index (χ1) is 10.6. The van der Waals surface area contributed by atoms with Crippen molar-refractivity contribution in [2.24, 2.45) is 0 Å². The highest BCUT2D eigenvalue weighted by molar-refractivity contribution is 6.32. The van der Waals surface area contributed by atoms with Gasteiger partial charge in [0, 0.05) is 17.6 Å². The van der Waals surface area contributed by atoms with E-state index in [-0.39, 0.29) is 23.6 Å². The van der Waals surface area contributed by atoms with Gasteiger partial charge in [-0.05, 0) is 26.0 Å². The average molecular weight is 348 g/mol. The second-order valence-electron chi connectivity index (χ2n) is 5.19. The van der Waals surface area contributed by atoms with E-state index in [0.29, 0.717) is 0 Å². The molecule has 8 heteroatoms. The third-order valence-corrected chi connectivity index (χ3v) is 3.35. The third kappa shape index (κ3) is 3.85. The Hall–Kier alpha value is -2.02. The molecule has 0 bridgehead atoms. The van der Waals surface area contributed by atoms with Gasteiger partial charge in [0.25, 0.3) is 0 Å². The van der Waals surface area contributed by atoms with Gasteiger partial charge in [0.1, 0.15) is 6.54 Å². The van der Waals surface area contributed by atoms with Gasteiger partial charge < -0.3 is 9.30 Å². The van der Waals surface area contributed by atoms with E-state index in [1.807, 2.05) is 0 Å². The van der Waals surface area contributed by atoms with Gasteiger partial charge in [-0.2, -0.15) is 13.2 Å². The molecule has 1 heterocycles. The number of carbonyl (C=O) groups excluding carboxylic acids is 1.